The van der Waals surface area contributed by atoms with Crippen molar-refractivity contribution in [1.82, 2.24) is 0 Å². The van der Waals surface area contributed by atoms with Crippen molar-refractivity contribution in [3.63, 3.8) is 0 Å². The van der Waals surface area contributed by atoms with Crippen LogP contribution in [0.3, 0.4) is 0 Å². The van der Waals surface area contributed by atoms with E-state index in [-0.39, 0.29) is 0 Å². The van der Waals surface area contributed by atoms with Crippen molar-refractivity contribution in [1.29, 1.82) is 0 Å². The molecule has 2 heteroatoms. The maximum Gasteiger partial charge on any atom is 0.0998 e. The molecule has 0 saturated carbocycles. The zero-order chi connectivity index (χ0) is 12.3. The lowest BCUT2D eigenvalue weighted by atomic mass is 9.41. The van der Waals surface area contributed by atoms with Gasteiger partial charge in [0.2, 0.25) is 0 Å². The fourth-order valence-corrected chi connectivity index (χ4v) is 1.81. The number of allylic oxidation sites excluding steroid dienone is 1. The van der Waals surface area contributed by atoms with Crippen LogP contribution in [0.1, 0.15) is 47.5 Å². The SMILES string of the molecule is BC(B)(CC(C)C(C)CC=C)C(C)(C)C. The fraction of sp³-hybridized carbons (Fsp3) is 0.846. The largest absolute Gasteiger partial charge is 0.103 e. The van der Waals surface area contributed by atoms with E-state index in [2.05, 4.69) is 56.9 Å². The minimum Gasteiger partial charge on any atom is -0.103 e. The molecule has 0 aromatic carbocycles. The van der Waals surface area contributed by atoms with Gasteiger partial charge in [0.1, 0.15) is 0 Å². The Morgan fingerprint density at radius 3 is 1.93 bits per heavy atom. The molecule has 0 nitrogen and oxygen atoms in total. The lowest BCUT2D eigenvalue weighted by molar-refractivity contribution is 0.259. The van der Waals surface area contributed by atoms with Gasteiger partial charge in [0, 0.05) is 0 Å². The summed E-state index contributed by atoms with van der Waals surface area (Å²) in [5.41, 5.74) is 0.384. The number of hydrogen-bond acceptors (Lipinski definition) is 0. The highest BCUT2D eigenvalue weighted by Crippen LogP contribution is 2.45. The minimum atomic E-state index is 0.384. The Bertz CT molecular complexity index is 201. The van der Waals surface area contributed by atoms with E-state index >= 15 is 0 Å². The maximum atomic E-state index is 3.83. The molecule has 0 fully saturated rings. The monoisotopic (exact) mass is 206 g/mol. The molecule has 0 aromatic rings. The summed E-state index contributed by atoms with van der Waals surface area (Å²) in [5, 5.41) is 0.405. The molecule has 0 aliphatic heterocycles. The highest BCUT2D eigenvalue weighted by Gasteiger charge is 2.34. The Morgan fingerprint density at radius 2 is 1.60 bits per heavy atom. The predicted octanol–water partition coefficient (Wildman–Crippen LogP) is 2.65. The van der Waals surface area contributed by atoms with E-state index in [9.17, 15) is 0 Å². The molecule has 15 heavy (non-hydrogen) atoms. The summed E-state index contributed by atoms with van der Waals surface area (Å²) in [6, 6.07) is 0. The lowest BCUT2D eigenvalue weighted by Crippen LogP contribution is -2.32. The first-order valence-electron chi connectivity index (χ1n) is 6.22. The molecule has 0 amide bonds. The smallest absolute Gasteiger partial charge is 0.0998 e. The van der Waals surface area contributed by atoms with Gasteiger partial charge in [0.25, 0.3) is 0 Å². The summed E-state index contributed by atoms with van der Waals surface area (Å²) < 4.78 is 0. The first-order chi connectivity index (χ1) is 6.62. The normalized spacial score (nSPS) is 17.1. The van der Waals surface area contributed by atoms with Crippen LogP contribution < -0.4 is 0 Å². The molecule has 0 bridgehead atoms. The van der Waals surface area contributed by atoms with E-state index in [4.69, 9.17) is 0 Å². The second-order valence-corrected chi connectivity index (χ2v) is 6.82. The molecule has 0 aliphatic rings. The highest BCUT2D eigenvalue weighted by atomic mass is 14.3. The molecule has 0 heterocycles. The third-order valence-electron chi connectivity index (χ3n) is 4.37. The summed E-state index contributed by atoms with van der Waals surface area (Å²) in [4.78, 5) is 0. The number of hydrogen-bond donors (Lipinski definition) is 0. The van der Waals surface area contributed by atoms with Gasteiger partial charge in [0.15, 0.2) is 0 Å². The van der Waals surface area contributed by atoms with Crippen LogP contribution in [0.5, 0.6) is 0 Å². The topological polar surface area (TPSA) is 0 Å². The van der Waals surface area contributed by atoms with Gasteiger partial charge in [-0.1, -0.05) is 52.3 Å². The molecule has 2 atom stereocenters. The second kappa shape index (κ2) is 5.27. The first-order valence-corrected chi connectivity index (χ1v) is 6.22. The third kappa shape index (κ3) is 4.49. The van der Waals surface area contributed by atoms with Crippen molar-refractivity contribution >= 4 is 15.7 Å². The molecule has 0 aliphatic carbocycles. The first kappa shape index (κ1) is 14.9. The molecule has 0 rings (SSSR count). The third-order valence-corrected chi connectivity index (χ3v) is 4.37. The molecule has 0 N–H and O–H groups in total. The van der Waals surface area contributed by atoms with Crippen molar-refractivity contribution in [2.24, 2.45) is 17.3 Å². The van der Waals surface area contributed by atoms with Crippen molar-refractivity contribution in [2.75, 3.05) is 0 Å². The summed E-state index contributed by atoms with van der Waals surface area (Å²) >= 11 is 0. The Morgan fingerprint density at radius 1 is 1.13 bits per heavy atom. The maximum absolute atomic E-state index is 3.83. The van der Waals surface area contributed by atoms with Gasteiger partial charge in [0.05, 0.1) is 15.7 Å². The standard InChI is InChI=1S/C13H28B2/c1-7-8-10(2)11(3)9-13(14,15)12(4,5)6/h7,10-11H,1,8-9,14-15H2,2-6H3. The van der Waals surface area contributed by atoms with Crippen molar-refractivity contribution < 1.29 is 0 Å². The summed E-state index contributed by atoms with van der Waals surface area (Å²) in [6.07, 6.45) is 4.48. The Balaban J connectivity index is 4.39. The van der Waals surface area contributed by atoms with Crippen LogP contribution in [0.2, 0.25) is 5.21 Å². The molecule has 0 aromatic heterocycles. The lowest BCUT2D eigenvalue weighted by Gasteiger charge is -2.42. The highest BCUT2D eigenvalue weighted by molar-refractivity contribution is 6.40. The fourth-order valence-electron chi connectivity index (χ4n) is 1.81. The van der Waals surface area contributed by atoms with Gasteiger partial charge in [-0.3, -0.25) is 0 Å². The van der Waals surface area contributed by atoms with Crippen LogP contribution in [-0.4, -0.2) is 15.7 Å². The van der Waals surface area contributed by atoms with Gasteiger partial charge in [-0.2, -0.15) is 0 Å². The Labute approximate surface area is 98.7 Å². The van der Waals surface area contributed by atoms with Crippen LogP contribution in [0.25, 0.3) is 0 Å². The van der Waals surface area contributed by atoms with Crippen molar-refractivity contribution in [3.8, 4) is 0 Å². The van der Waals surface area contributed by atoms with E-state index in [1.54, 1.807) is 0 Å². The van der Waals surface area contributed by atoms with Crippen molar-refractivity contribution in [3.05, 3.63) is 12.7 Å². The van der Waals surface area contributed by atoms with E-state index in [1.807, 2.05) is 6.08 Å². The van der Waals surface area contributed by atoms with Crippen LogP contribution in [0.15, 0.2) is 12.7 Å². The molecule has 86 valence electrons. The predicted molar refractivity (Wildman–Crippen MR) is 77.0 cm³/mol. The van der Waals surface area contributed by atoms with Crippen LogP contribution >= 0.6 is 0 Å². The number of rotatable bonds is 5. The Hall–Kier alpha value is -0.130. The Kier molecular flexibility index (Phi) is 5.23. The van der Waals surface area contributed by atoms with Crippen LogP contribution in [0.4, 0.5) is 0 Å². The average molecular weight is 206 g/mol. The summed E-state index contributed by atoms with van der Waals surface area (Å²) in [5.74, 6) is 1.53. The molecule has 0 spiro atoms. The summed E-state index contributed by atoms with van der Waals surface area (Å²) in [7, 11) is 4.79. The van der Waals surface area contributed by atoms with Crippen LogP contribution in [-0.2, 0) is 0 Å². The van der Waals surface area contributed by atoms with E-state index in [0.717, 1.165) is 18.3 Å². The zero-order valence-corrected chi connectivity index (χ0v) is 11.9. The quantitative estimate of drug-likeness (QED) is 0.479. The average Bonchev–Trinajstić information content (AvgIpc) is 2.01. The van der Waals surface area contributed by atoms with Gasteiger partial charge < -0.3 is 0 Å². The van der Waals surface area contributed by atoms with Gasteiger partial charge in [-0.15, -0.1) is 6.58 Å². The minimum absolute atomic E-state index is 0.384. The van der Waals surface area contributed by atoms with Gasteiger partial charge in [-0.25, -0.2) is 0 Å². The molecular formula is C13H28B2. The zero-order valence-electron chi connectivity index (χ0n) is 11.9. The molecular weight excluding hydrogens is 178 g/mol. The van der Waals surface area contributed by atoms with Crippen LogP contribution in [0, 0.1) is 17.3 Å². The van der Waals surface area contributed by atoms with E-state index in [1.165, 1.54) is 6.42 Å². The van der Waals surface area contributed by atoms with Crippen molar-refractivity contribution in [2.45, 2.75) is 52.7 Å². The molecule has 2 unspecified atom stereocenters. The van der Waals surface area contributed by atoms with E-state index < -0.39 is 0 Å². The van der Waals surface area contributed by atoms with Gasteiger partial charge in [-0.05, 0) is 23.7 Å². The summed E-state index contributed by atoms with van der Waals surface area (Å²) in [6.45, 7) is 15.6. The molecule has 0 radical (unpaired) electrons. The van der Waals surface area contributed by atoms with E-state index in [0.29, 0.717) is 10.6 Å². The molecule has 0 saturated heterocycles. The second-order valence-electron chi connectivity index (χ2n) is 6.82. The van der Waals surface area contributed by atoms with Gasteiger partial charge >= 0.3 is 0 Å².